The fourth-order valence-electron chi connectivity index (χ4n) is 2.38. The van der Waals surface area contributed by atoms with E-state index >= 15 is 0 Å². The minimum Gasteiger partial charge on any atom is -0.377 e. The van der Waals surface area contributed by atoms with E-state index in [1.54, 1.807) is 24.3 Å². The second-order valence-electron chi connectivity index (χ2n) is 5.30. The Morgan fingerprint density at radius 2 is 2.24 bits per heavy atom. The van der Waals surface area contributed by atoms with E-state index in [1.807, 2.05) is 18.7 Å². The van der Waals surface area contributed by atoms with Gasteiger partial charge >= 0.3 is 0 Å². The predicted octanol–water partition coefficient (Wildman–Crippen LogP) is 2.29. The van der Waals surface area contributed by atoms with Gasteiger partial charge in [-0.15, -0.1) is 0 Å². The van der Waals surface area contributed by atoms with Gasteiger partial charge in [-0.25, -0.2) is 0 Å². The number of ether oxygens (including phenoxy) is 1. The lowest BCUT2D eigenvalue weighted by Gasteiger charge is -2.33. The van der Waals surface area contributed by atoms with Crippen LogP contribution in [0.25, 0.3) is 0 Å². The minimum atomic E-state index is -0.0261. The van der Waals surface area contributed by atoms with Crippen molar-refractivity contribution in [3.63, 3.8) is 0 Å². The summed E-state index contributed by atoms with van der Waals surface area (Å²) in [5.41, 5.74) is 1.26. The molecule has 2 amide bonds. The summed E-state index contributed by atoms with van der Waals surface area (Å²) in [5.74, 6) is -0.0424. The van der Waals surface area contributed by atoms with E-state index in [9.17, 15) is 9.59 Å². The highest BCUT2D eigenvalue weighted by Gasteiger charge is 2.24. The summed E-state index contributed by atoms with van der Waals surface area (Å²) >= 11 is 0. The van der Waals surface area contributed by atoms with Gasteiger partial charge in [-0.1, -0.05) is 13.0 Å². The Labute approximate surface area is 125 Å². The molecule has 1 aromatic rings. The van der Waals surface area contributed by atoms with E-state index in [4.69, 9.17) is 4.74 Å². The molecule has 1 aliphatic rings. The number of nitrogens with zero attached hydrogens (tertiary/aromatic N) is 1. The Kier molecular flexibility index (Phi) is 5.33. The molecule has 1 N–H and O–H groups in total. The van der Waals surface area contributed by atoms with Crippen LogP contribution in [0, 0.1) is 0 Å². The number of rotatable bonds is 4. The maximum atomic E-state index is 12.5. The van der Waals surface area contributed by atoms with E-state index in [2.05, 4.69) is 5.32 Å². The summed E-state index contributed by atoms with van der Waals surface area (Å²) in [4.78, 5) is 26.0. The van der Waals surface area contributed by atoms with Crippen LogP contribution in [-0.4, -0.2) is 42.5 Å². The van der Waals surface area contributed by atoms with Crippen LogP contribution in [0.2, 0.25) is 0 Å². The van der Waals surface area contributed by atoms with Crippen molar-refractivity contribution in [1.29, 1.82) is 0 Å². The molecule has 21 heavy (non-hydrogen) atoms. The van der Waals surface area contributed by atoms with Crippen LogP contribution in [0.1, 0.15) is 37.0 Å². The predicted molar refractivity (Wildman–Crippen MR) is 81.3 cm³/mol. The number of hydrogen-bond donors (Lipinski definition) is 1. The van der Waals surface area contributed by atoms with Gasteiger partial charge in [0.15, 0.2) is 0 Å². The molecule has 1 unspecified atom stereocenters. The zero-order chi connectivity index (χ0) is 15.2. The Bertz CT molecular complexity index is 516. The van der Waals surface area contributed by atoms with Gasteiger partial charge in [-0.3, -0.25) is 9.59 Å². The molecule has 1 aromatic carbocycles. The molecular weight excluding hydrogens is 268 g/mol. The summed E-state index contributed by atoms with van der Waals surface area (Å²) in [7, 11) is 0. The molecule has 0 spiro atoms. The molecule has 2 rings (SSSR count). The Balaban J connectivity index is 2.09. The molecule has 1 aliphatic heterocycles. The summed E-state index contributed by atoms with van der Waals surface area (Å²) < 4.78 is 5.35. The summed E-state index contributed by atoms with van der Waals surface area (Å²) in [6.07, 6.45) is 1.29. The highest BCUT2D eigenvalue weighted by atomic mass is 16.5. The van der Waals surface area contributed by atoms with Crippen LogP contribution in [0.15, 0.2) is 24.3 Å². The van der Waals surface area contributed by atoms with Crippen molar-refractivity contribution in [2.75, 3.05) is 25.1 Å². The lowest BCUT2D eigenvalue weighted by molar-refractivity contribution is -0.116. The first-order valence-electron chi connectivity index (χ1n) is 7.40. The molecule has 5 nitrogen and oxygen atoms in total. The largest absolute Gasteiger partial charge is 0.377 e. The zero-order valence-corrected chi connectivity index (χ0v) is 12.6. The number of morpholine rings is 1. The standard InChI is InChI=1S/C16H22N2O3/c1-3-5-15(19)17-14-7-4-6-13(10-14)16(20)18-8-9-21-11-12(18)2/h4,6-7,10,12H,3,5,8-9,11H2,1-2H3,(H,17,19). The van der Waals surface area contributed by atoms with Crippen molar-refractivity contribution in [3.05, 3.63) is 29.8 Å². The smallest absolute Gasteiger partial charge is 0.254 e. The third kappa shape index (κ3) is 4.04. The molecule has 1 atom stereocenters. The fraction of sp³-hybridized carbons (Fsp3) is 0.500. The number of amides is 2. The van der Waals surface area contributed by atoms with E-state index in [1.165, 1.54) is 0 Å². The molecule has 0 aliphatic carbocycles. The van der Waals surface area contributed by atoms with Crippen molar-refractivity contribution in [3.8, 4) is 0 Å². The molecule has 0 bridgehead atoms. The average molecular weight is 290 g/mol. The number of benzene rings is 1. The summed E-state index contributed by atoms with van der Waals surface area (Å²) in [6, 6.07) is 7.18. The topological polar surface area (TPSA) is 58.6 Å². The second kappa shape index (κ2) is 7.22. The normalized spacial score (nSPS) is 18.4. The third-order valence-corrected chi connectivity index (χ3v) is 3.50. The maximum absolute atomic E-state index is 12.5. The summed E-state index contributed by atoms with van der Waals surface area (Å²) in [6.45, 7) is 5.68. The van der Waals surface area contributed by atoms with Crippen molar-refractivity contribution in [1.82, 2.24) is 4.90 Å². The van der Waals surface area contributed by atoms with E-state index in [0.29, 0.717) is 37.4 Å². The zero-order valence-electron chi connectivity index (χ0n) is 12.6. The number of hydrogen-bond acceptors (Lipinski definition) is 3. The van der Waals surface area contributed by atoms with E-state index in [-0.39, 0.29) is 17.9 Å². The van der Waals surface area contributed by atoms with E-state index in [0.717, 1.165) is 6.42 Å². The van der Waals surface area contributed by atoms with Crippen LogP contribution in [0.5, 0.6) is 0 Å². The molecule has 1 fully saturated rings. The molecule has 0 aromatic heterocycles. The van der Waals surface area contributed by atoms with Crippen LogP contribution in [0.3, 0.4) is 0 Å². The highest BCUT2D eigenvalue weighted by molar-refractivity contribution is 5.97. The molecule has 5 heteroatoms. The molecular formula is C16H22N2O3. The van der Waals surface area contributed by atoms with Gasteiger partial charge in [0.05, 0.1) is 19.3 Å². The molecule has 1 saturated heterocycles. The van der Waals surface area contributed by atoms with Gasteiger partial charge in [-0.2, -0.15) is 0 Å². The Morgan fingerprint density at radius 1 is 1.43 bits per heavy atom. The van der Waals surface area contributed by atoms with Crippen molar-refractivity contribution in [2.24, 2.45) is 0 Å². The molecule has 114 valence electrons. The van der Waals surface area contributed by atoms with E-state index < -0.39 is 0 Å². The first-order chi connectivity index (χ1) is 10.1. The van der Waals surface area contributed by atoms with Gasteiger partial charge in [-0.05, 0) is 31.5 Å². The Hall–Kier alpha value is -1.88. The van der Waals surface area contributed by atoms with Gasteiger partial charge in [0.1, 0.15) is 0 Å². The fourth-order valence-corrected chi connectivity index (χ4v) is 2.38. The lowest BCUT2D eigenvalue weighted by atomic mass is 10.1. The second-order valence-corrected chi connectivity index (χ2v) is 5.30. The first-order valence-corrected chi connectivity index (χ1v) is 7.40. The highest BCUT2D eigenvalue weighted by Crippen LogP contribution is 2.16. The number of carbonyl (C=O) groups is 2. The van der Waals surface area contributed by atoms with Crippen molar-refractivity contribution < 1.29 is 14.3 Å². The molecule has 0 saturated carbocycles. The number of carbonyl (C=O) groups excluding carboxylic acids is 2. The van der Waals surface area contributed by atoms with Crippen LogP contribution >= 0.6 is 0 Å². The molecule has 0 radical (unpaired) electrons. The monoisotopic (exact) mass is 290 g/mol. The average Bonchev–Trinajstić information content (AvgIpc) is 2.47. The van der Waals surface area contributed by atoms with Gasteiger partial charge < -0.3 is 15.0 Å². The van der Waals surface area contributed by atoms with Gasteiger partial charge in [0, 0.05) is 24.2 Å². The van der Waals surface area contributed by atoms with Crippen molar-refractivity contribution >= 4 is 17.5 Å². The van der Waals surface area contributed by atoms with Crippen LogP contribution < -0.4 is 5.32 Å². The molecule has 1 heterocycles. The van der Waals surface area contributed by atoms with Crippen molar-refractivity contribution in [2.45, 2.75) is 32.7 Å². The van der Waals surface area contributed by atoms with Gasteiger partial charge in [0.2, 0.25) is 5.91 Å². The van der Waals surface area contributed by atoms with Crippen LogP contribution in [-0.2, 0) is 9.53 Å². The Morgan fingerprint density at radius 3 is 2.95 bits per heavy atom. The minimum absolute atomic E-state index is 0.0163. The third-order valence-electron chi connectivity index (χ3n) is 3.50. The van der Waals surface area contributed by atoms with Gasteiger partial charge in [0.25, 0.3) is 5.91 Å². The SMILES string of the molecule is CCCC(=O)Nc1cccc(C(=O)N2CCOCC2C)c1. The maximum Gasteiger partial charge on any atom is 0.254 e. The quantitative estimate of drug-likeness (QED) is 0.925. The lowest BCUT2D eigenvalue weighted by Crippen LogP contribution is -2.47. The summed E-state index contributed by atoms with van der Waals surface area (Å²) in [5, 5.41) is 2.82. The first kappa shape index (κ1) is 15.5. The number of anilines is 1. The number of nitrogens with one attached hydrogen (secondary N) is 1. The van der Waals surface area contributed by atoms with Crippen LogP contribution in [0.4, 0.5) is 5.69 Å².